The number of amides is 1. The van der Waals surface area contributed by atoms with Crippen molar-refractivity contribution in [1.29, 1.82) is 0 Å². The molecular formula is C13H13BrFNO3. The summed E-state index contributed by atoms with van der Waals surface area (Å²) in [6.07, 6.45) is 1.30. The average Bonchev–Trinajstić information content (AvgIpc) is 2.79. The van der Waals surface area contributed by atoms with Gasteiger partial charge in [0.15, 0.2) is 0 Å². The second-order valence-corrected chi connectivity index (χ2v) is 5.35. The van der Waals surface area contributed by atoms with E-state index in [1.807, 2.05) is 0 Å². The van der Waals surface area contributed by atoms with Crippen LogP contribution >= 0.6 is 15.9 Å². The Kier molecular flexibility index (Phi) is 4.19. The molecule has 6 heteroatoms. The molecule has 1 aromatic rings. The fourth-order valence-corrected chi connectivity index (χ4v) is 2.71. The molecule has 1 fully saturated rings. The predicted molar refractivity (Wildman–Crippen MR) is 70.4 cm³/mol. The maximum Gasteiger partial charge on any atom is 0.305 e. The van der Waals surface area contributed by atoms with Crippen LogP contribution in [-0.4, -0.2) is 34.5 Å². The number of aliphatic carboxylic acids is 1. The van der Waals surface area contributed by atoms with E-state index in [0.29, 0.717) is 13.0 Å². The Morgan fingerprint density at radius 2 is 2.21 bits per heavy atom. The number of nitrogens with zero attached hydrogens (tertiary/aromatic N) is 1. The molecule has 0 aromatic heterocycles. The van der Waals surface area contributed by atoms with Crippen LogP contribution in [0.2, 0.25) is 0 Å². The van der Waals surface area contributed by atoms with Gasteiger partial charge in [0.05, 0.1) is 16.5 Å². The first-order chi connectivity index (χ1) is 9.00. The highest BCUT2D eigenvalue weighted by atomic mass is 79.9. The van der Waals surface area contributed by atoms with Crippen molar-refractivity contribution >= 4 is 27.8 Å². The van der Waals surface area contributed by atoms with Crippen LogP contribution in [0.5, 0.6) is 0 Å². The quantitative estimate of drug-likeness (QED) is 0.927. The van der Waals surface area contributed by atoms with Crippen LogP contribution < -0.4 is 0 Å². The van der Waals surface area contributed by atoms with Gasteiger partial charge in [0.2, 0.25) is 0 Å². The van der Waals surface area contributed by atoms with Gasteiger partial charge >= 0.3 is 5.97 Å². The second-order valence-electron chi connectivity index (χ2n) is 4.49. The lowest BCUT2D eigenvalue weighted by atomic mass is 10.1. The topological polar surface area (TPSA) is 57.6 Å². The molecule has 2 rings (SSSR count). The largest absolute Gasteiger partial charge is 0.481 e. The zero-order chi connectivity index (χ0) is 14.0. The van der Waals surface area contributed by atoms with Crippen LogP contribution in [0.15, 0.2) is 22.7 Å². The number of benzene rings is 1. The highest BCUT2D eigenvalue weighted by molar-refractivity contribution is 9.10. The third-order valence-corrected chi connectivity index (χ3v) is 3.84. The Balaban J connectivity index is 2.23. The Labute approximate surface area is 118 Å². The molecule has 1 amide bonds. The standard InChI is InChI=1S/C13H13BrFNO3/c14-10-5-1-4-9(12(10)15)13(19)16-6-2-3-8(16)7-11(17)18/h1,4-5,8H,2-3,6-7H2,(H,17,18). The summed E-state index contributed by atoms with van der Waals surface area (Å²) in [7, 11) is 0. The summed E-state index contributed by atoms with van der Waals surface area (Å²) < 4.78 is 14.1. The SMILES string of the molecule is O=C(O)CC1CCCN1C(=O)c1cccc(Br)c1F. The summed E-state index contributed by atoms with van der Waals surface area (Å²) in [6, 6.07) is 4.18. The summed E-state index contributed by atoms with van der Waals surface area (Å²) in [5.74, 6) is -1.99. The summed E-state index contributed by atoms with van der Waals surface area (Å²) in [6.45, 7) is 0.475. The van der Waals surface area contributed by atoms with Gasteiger partial charge < -0.3 is 10.0 Å². The molecule has 19 heavy (non-hydrogen) atoms. The first-order valence-electron chi connectivity index (χ1n) is 5.97. The number of carboxylic acid groups (broad SMARTS) is 1. The molecule has 0 spiro atoms. The zero-order valence-electron chi connectivity index (χ0n) is 10.1. The summed E-state index contributed by atoms with van der Waals surface area (Å²) in [4.78, 5) is 24.5. The third-order valence-electron chi connectivity index (χ3n) is 3.23. The molecule has 4 nitrogen and oxygen atoms in total. The maximum absolute atomic E-state index is 13.9. The number of carboxylic acids is 1. The number of halogens is 2. The van der Waals surface area contributed by atoms with Crippen molar-refractivity contribution in [1.82, 2.24) is 4.90 Å². The van der Waals surface area contributed by atoms with Gasteiger partial charge in [0.25, 0.3) is 5.91 Å². The lowest BCUT2D eigenvalue weighted by Crippen LogP contribution is -2.37. The van der Waals surface area contributed by atoms with E-state index >= 15 is 0 Å². The molecule has 0 saturated carbocycles. The van der Waals surface area contributed by atoms with Crippen LogP contribution in [0.4, 0.5) is 4.39 Å². The van der Waals surface area contributed by atoms with Gasteiger partial charge in [-0.15, -0.1) is 0 Å². The van der Waals surface area contributed by atoms with Crippen LogP contribution in [-0.2, 0) is 4.79 Å². The van der Waals surface area contributed by atoms with E-state index in [1.54, 1.807) is 6.07 Å². The number of hydrogen-bond donors (Lipinski definition) is 1. The third kappa shape index (κ3) is 2.94. The minimum absolute atomic E-state index is 0.0216. The van der Waals surface area contributed by atoms with Crippen molar-refractivity contribution in [3.05, 3.63) is 34.1 Å². The second kappa shape index (κ2) is 5.69. The molecule has 0 aliphatic carbocycles. The smallest absolute Gasteiger partial charge is 0.305 e. The van der Waals surface area contributed by atoms with Gasteiger partial charge in [-0.05, 0) is 40.9 Å². The molecule has 0 radical (unpaired) electrons. The number of carbonyl (C=O) groups excluding carboxylic acids is 1. The summed E-state index contributed by atoms with van der Waals surface area (Å²) >= 11 is 3.04. The highest BCUT2D eigenvalue weighted by Gasteiger charge is 2.32. The van der Waals surface area contributed by atoms with Crippen molar-refractivity contribution in [2.24, 2.45) is 0 Å². The molecule has 1 unspecified atom stereocenters. The van der Waals surface area contributed by atoms with Gasteiger partial charge in [-0.25, -0.2) is 4.39 Å². The molecule has 1 aromatic carbocycles. The number of carbonyl (C=O) groups is 2. The molecule has 1 saturated heterocycles. The number of hydrogen-bond acceptors (Lipinski definition) is 2. The van der Waals surface area contributed by atoms with Crippen molar-refractivity contribution in [3.63, 3.8) is 0 Å². The molecule has 1 heterocycles. The van der Waals surface area contributed by atoms with Crippen LogP contribution in [0.25, 0.3) is 0 Å². The van der Waals surface area contributed by atoms with Gasteiger partial charge in [-0.3, -0.25) is 9.59 Å². The molecule has 1 atom stereocenters. The lowest BCUT2D eigenvalue weighted by molar-refractivity contribution is -0.137. The van der Waals surface area contributed by atoms with E-state index in [0.717, 1.165) is 6.42 Å². The Morgan fingerprint density at radius 1 is 1.47 bits per heavy atom. The van der Waals surface area contributed by atoms with E-state index in [-0.39, 0.29) is 22.5 Å². The van der Waals surface area contributed by atoms with Gasteiger partial charge in [0.1, 0.15) is 5.82 Å². The molecule has 0 bridgehead atoms. The lowest BCUT2D eigenvalue weighted by Gasteiger charge is -2.23. The van der Waals surface area contributed by atoms with Crippen LogP contribution in [0.3, 0.4) is 0 Å². The van der Waals surface area contributed by atoms with Crippen molar-refractivity contribution in [3.8, 4) is 0 Å². The van der Waals surface area contributed by atoms with Gasteiger partial charge in [-0.1, -0.05) is 6.07 Å². The van der Waals surface area contributed by atoms with Crippen molar-refractivity contribution in [2.75, 3.05) is 6.54 Å². The fraction of sp³-hybridized carbons (Fsp3) is 0.385. The van der Waals surface area contributed by atoms with E-state index < -0.39 is 17.7 Å². The Hall–Kier alpha value is -1.43. The molecule has 1 N–H and O–H groups in total. The molecule has 1 aliphatic heterocycles. The average molecular weight is 330 g/mol. The van der Waals surface area contributed by atoms with Crippen LogP contribution in [0, 0.1) is 5.82 Å². The monoisotopic (exact) mass is 329 g/mol. The summed E-state index contributed by atoms with van der Waals surface area (Å²) in [5.41, 5.74) is -0.0216. The molecule has 1 aliphatic rings. The predicted octanol–water partition coefficient (Wildman–Crippen LogP) is 2.67. The minimum Gasteiger partial charge on any atom is -0.481 e. The van der Waals surface area contributed by atoms with E-state index in [1.165, 1.54) is 17.0 Å². The first-order valence-corrected chi connectivity index (χ1v) is 6.76. The molecular weight excluding hydrogens is 317 g/mol. The van der Waals surface area contributed by atoms with E-state index in [2.05, 4.69) is 15.9 Å². The Bertz CT molecular complexity index is 521. The maximum atomic E-state index is 13.9. The minimum atomic E-state index is -0.945. The van der Waals surface area contributed by atoms with Crippen LogP contribution in [0.1, 0.15) is 29.6 Å². The van der Waals surface area contributed by atoms with E-state index in [4.69, 9.17) is 5.11 Å². The summed E-state index contributed by atoms with van der Waals surface area (Å²) in [5, 5.41) is 8.82. The normalized spacial score (nSPS) is 18.6. The molecule has 102 valence electrons. The fourth-order valence-electron chi connectivity index (χ4n) is 2.34. The Morgan fingerprint density at radius 3 is 2.89 bits per heavy atom. The highest BCUT2D eigenvalue weighted by Crippen LogP contribution is 2.25. The first kappa shape index (κ1) is 14.0. The van der Waals surface area contributed by atoms with E-state index in [9.17, 15) is 14.0 Å². The van der Waals surface area contributed by atoms with Crippen molar-refractivity contribution in [2.45, 2.75) is 25.3 Å². The number of rotatable bonds is 3. The zero-order valence-corrected chi connectivity index (χ0v) is 11.7. The number of likely N-dealkylation sites (tertiary alicyclic amines) is 1. The van der Waals surface area contributed by atoms with Gasteiger partial charge in [0, 0.05) is 12.6 Å². The van der Waals surface area contributed by atoms with Gasteiger partial charge in [-0.2, -0.15) is 0 Å². The van der Waals surface area contributed by atoms with Crippen molar-refractivity contribution < 1.29 is 19.1 Å².